The molecule has 1 aromatic heterocycles. The van der Waals surface area contributed by atoms with Crippen molar-refractivity contribution in [3.63, 3.8) is 0 Å². The van der Waals surface area contributed by atoms with Gasteiger partial charge in [0.15, 0.2) is 5.16 Å². The molecular formula is C23H23F2N5O3S2. The minimum absolute atomic E-state index is 0.140. The number of aromatic nitrogens is 2. The van der Waals surface area contributed by atoms with E-state index in [1.54, 1.807) is 6.20 Å². The van der Waals surface area contributed by atoms with Crippen LogP contribution in [0.3, 0.4) is 0 Å². The molecule has 0 atom stereocenters. The molecule has 0 unspecified atom stereocenters. The van der Waals surface area contributed by atoms with E-state index in [4.69, 9.17) is 0 Å². The summed E-state index contributed by atoms with van der Waals surface area (Å²) >= 11 is 1.37. The third-order valence-electron chi connectivity index (χ3n) is 5.31. The van der Waals surface area contributed by atoms with Crippen LogP contribution in [0.4, 0.5) is 30.8 Å². The van der Waals surface area contributed by atoms with Crippen LogP contribution in [-0.2, 0) is 22.3 Å². The van der Waals surface area contributed by atoms with Crippen molar-refractivity contribution in [2.75, 3.05) is 20.8 Å². The molecule has 2 amide bonds. The molecule has 1 aliphatic rings. The zero-order valence-electron chi connectivity index (χ0n) is 19.2. The molecule has 184 valence electrons. The van der Waals surface area contributed by atoms with Gasteiger partial charge in [-0.25, -0.2) is 32.0 Å². The van der Waals surface area contributed by atoms with E-state index >= 15 is 0 Å². The fourth-order valence-corrected chi connectivity index (χ4v) is 5.22. The van der Waals surface area contributed by atoms with E-state index in [1.807, 2.05) is 20.1 Å². The van der Waals surface area contributed by atoms with Gasteiger partial charge in [0.1, 0.15) is 17.5 Å². The standard InChI is InChI=1S/C23H23F2N5O3S2/c1-14(2)30-21-16(11-26-22(27-21)34-3)12-29(23(30)31)18-8-9-20(19(25)10-18)28-35(32,33)13-15-4-6-17(24)7-5-15/h4-11,14,28H,12-13H2,1-3H3. The fourth-order valence-electron chi connectivity index (χ4n) is 3.68. The number of urea groups is 1. The van der Waals surface area contributed by atoms with Crippen molar-refractivity contribution >= 4 is 45.0 Å². The number of rotatable bonds is 7. The maximum Gasteiger partial charge on any atom is 0.330 e. The van der Waals surface area contributed by atoms with Gasteiger partial charge in [-0.2, -0.15) is 0 Å². The number of sulfonamides is 1. The van der Waals surface area contributed by atoms with Gasteiger partial charge in [0, 0.05) is 23.5 Å². The zero-order chi connectivity index (χ0) is 25.3. The second kappa shape index (κ2) is 9.78. The maximum atomic E-state index is 14.9. The van der Waals surface area contributed by atoms with Gasteiger partial charge in [0.2, 0.25) is 10.0 Å². The Kier molecular flexibility index (Phi) is 6.95. The van der Waals surface area contributed by atoms with Crippen LogP contribution in [0.2, 0.25) is 0 Å². The normalized spacial score (nSPS) is 13.8. The third-order valence-corrected chi connectivity index (χ3v) is 7.12. The van der Waals surface area contributed by atoms with Gasteiger partial charge >= 0.3 is 6.03 Å². The number of amides is 2. The van der Waals surface area contributed by atoms with Crippen LogP contribution in [0.1, 0.15) is 25.0 Å². The van der Waals surface area contributed by atoms with Gasteiger partial charge in [-0.15, -0.1) is 0 Å². The molecule has 0 fully saturated rings. The predicted octanol–water partition coefficient (Wildman–Crippen LogP) is 4.77. The lowest BCUT2D eigenvalue weighted by Crippen LogP contribution is -2.51. The fraction of sp³-hybridized carbons (Fsp3) is 0.261. The summed E-state index contributed by atoms with van der Waals surface area (Å²) in [5, 5.41) is 0.541. The summed E-state index contributed by atoms with van der Waals surface area (Å²) in [5.74, 6) is -1.25. The van der Waals surface area contributed by atoms with Crippen molar-refractivity contribution in [1.82, 2.24) is 9.97 Å². The second-order valence-electron chi connectivity index (χ2n) is 8.19. The number of thioether (sulfide) groups is 1. The van der Waals surface area contributed by atoms with E-state index in [1.165, 1.54) is 45.8 Å². The number of hydrogen-bond acceptors (Lipinski definition) is 6. The summed E-state index contributed by atoms with van der Waals surface area (Å²) in [7, 11) is -3.96. The molecule has 8 nitrogen and oxygen atoms in total. The Labute approximate surface area is 206 Å². The Bertz CT molecular complexity index is 1370. The molecule has 12 heteroatoms. The summed E-state index contributed by atoms with van der Waals surface area (Å²) < 4.78 is 55.2. The van der Waals surface area contributed by atoms with Crippen molar-refractivity contribution in [2.24, 2.45) is 0 Å². The number of benzene rings is 2. The SMILES string of the molecule is CSc1ncc2c(n1)N(C(C)C)C(=O)N(c1ccc(NS(=O)(=O)Cc3ccc(F)cc3)c(F)c1)C2. The van der Waals surface area contributed by atoms with E-state index in [-0.39, 0.29) is 30.0 Å². The Hall–Kier alpha value is -3.25. The van der Waals surface area contributed by atoms with Crippen LogP contribution < -0.4 is 14.5 Å². The molecule has 1 aliphatic heterocycles. The summed E-state index contributed by atoms with van der Waals surface area (Å²) in [6.07, 6.45) is 3.49. The Balaban J connectivity index is 1.58. The molecule has 3 aromatic rings. The van der Waals surface area contributed by atoms with Crippen LogP contribution in [0.25, 0.3) is 0 Å². The van der Waals surface area contributed by atoms with Crippen molar-refractivity contribution in [2.45, 2.75) is 37.3 Å². The molecule has 0 radical (unpaired) electrons. The number of carbonyl (C=O) groups is 1. The molecule has 35 heavy (non-hydrogen) atoms. The van der Waals surface area contributed by atoms with Crippen LogP contribution in [0, 0.1) is 11.6 Å². The number of anilines is 3. The minimum Gasteiger partial charge on any atom is -0.289 e. The number of nitrogens with zero attached hydrogens (tertiary/aromatic N) is 4. The predicted molar refractivity (Wildman–Crippen MR) is 132 cm³/mol. The maximum absolute atomic E-state index is 14.9. The average Bonchev–Trinajstić information content (AvgIpc) is 2.80. The zero-order valence-corrected chi connectivity index (χ0v) is 20.8. The Morgan fingerprint density at radius 2 is 1.86 bits per heavy atom. The Morgan fingerprint density at radius 3 is 2.49 bits per heavy atom. The van der Waals surface area contributed by atoms with Gasteiger partial charge in [0.05, 0.1) is 18.0 Å². The van der Waals surface area contributed by atoms with Crippen LogP contribution >= 0.6 is 11.8 Å². The average molecular weight is 520 g/mol. The first kappa shape index (κ1) is 24.9. The topological polar surface area (TPSA) is 95.5 Å². The van der Waals surface area contributed by atoms with Crippen LogP contribution in [0.5, 0.6) is 0 Å². The highest BCUT2D eigenvalue weighted by atomic mass is 32.2. The monoisotopic (exact) mass is 519 g/mol. The first-order chi connectivity index (χ1) is 16.6. The molecule has 0 spiro atoms. The van der Waals surface area contributed by atoms with Crippen molar-refractivity contribution in [3.8, 4) is 0 Å². The molecule has 2 heterocycles. The third kappa shape index (κ3) is 5.38. The highest BCUT2D eigenvalue weighted by Crippen LogP contribution is 2.33. The number of nitrogens with one attached hydrogen (secondary N) is 1. The molecule has 4 rings (SSSR count). The number of halogens is 2. The van der Waals surface area contributed by atoms with Crippen molar-refractivity contribution in [1.29, 1.82) is 0 Å². The largest absolute Gasteiger partial charge is 0.330 e. The summed E-state index contributed by atoms with van der Waals surface area (Å²) in [4.78, 5) is 25.0. The van der Waals surface area contributed by atoms with E-state index < -0.39 is 27.4 Å². The Morgan fingerprint density at radius 1 is 1.14 bits per heavy atom. The quantitative estimate of drug-likeness (QED) is 0.357. The first-order valence-corrected chi connectivity index (χ1v) is 13.5. The lowest BCUT2D eigenvalue weighted by atomic mass is 10.1. The van der Waals surface area contributed by atoms with Gasteiger partial charge in [-0.1, -0.05) is 23.9 Å². The molecule has 0 saturated carbocycles. The van der Waals surface area contributed by atoms with Gasteiger partial charge < -0.3 is 0 Å². The lowest BCUT2D eigenvalue weighted by Gasteiger charge is -2.38. The summed E-state index contributed by atoms with van der Waals surface area (Å²) in [6.45, 7) is 3.85. The molecule has 2 aromatic carbocycles. The minimum atomic E-state index is -3.96. The smallest absolute Gasteiger partial charge is 0.289 e. The summed E-state index contributed by atoms with van der Waals surface area (Å²) in [6, 6.07) is 8.26. The van der Waals surface area contributed by atoms with Crippen molar-refractivity contribution in [3.05, 3.63) is 71.4 Å². The van der Waals surface area contributed by atoms with Crippen LogP contribution in [0.15, 0.2) is 53.8 Å². The van der Waals surface area contributed by atoms with E-state index in [9.17, 15) is 22.0 Å². The van der Waals surface area contributed by atoms with E-state index in [0.717, 1.165) is 18.2 Å². The molecular weight excluding hydrogens is 496 g/mol. The van der Waals surface area contributed by atoms with Crippen LogP contribution in [-0.4, -0.2) is 36.7 Å². The van der Waals surface area contributed by atoms with Gasteiger partial charge in [0.25, 0.3) is 0 Å². The van der Waals surface area contributed by atoms with Gasteiger partial charge in [-0.3, -0.25) is 14.5 Å². The number of fused-ring (bicyclic) bond motifs is 1. The lowest BCUT2D eigenvalue weighted by molar-refractivity contribution is 0.248. The molecule has 0 bridgehead atoms. The highest BCUT2D eigenvalue weighted by molar-refractivity contribution is 7.98. The molecule has 1 N–H and O–H groups in total. The highest BCUT2D eigenvalue weighted by Gasteiger charge is 2.35. The second-order valence-corrected chi connectivity index (χ2v) is 10.7. The number of carbonyl (C=O) groups excluding carboxylic acids is 1. The van der Waals surface area contributed by atoms with Gasteiger partial charge in [-0.05, 0) is 56.0 Å². The first-order valence-electron chi connectivity index (χ1n) is 10.6. The molecule has 0 aliphatic carbocycles. The van der Waals surface area contributed by atoms with Crippen molar-refractivity contribution < 1.29 is 22.0 Å². The molecule has 0 saturated heterocycles. The van der Waals surface area contributed by atoms with E-state index in [2.05, 4.69) is 14.7 Å². The number of hydrogen-bond donors (Lipinski definition) is 1. The summed E-state index contributed by atoms with van der Waals surface area (Å²) in [5.41, 5.74) is 1.07. The van der Waals surface area contributed by atoms with E-state index in [0.29, 0.717) is 22.1 Å².